The maximum absolute atomic E-state index is 12.8. The van der Waals surface area contributed by atoms with E-state index in [0.717, 1.165) is 5.56 Å². The van der Waals surface area contributed by atoms with Gasteiger partial charge >= 0.3 is 11.9 Å². The highest BCUT2D eigenvalue weighted by atomic mass is 16.5. The third-order valence-corrected chi connectivity index (χ3v) is 5.30. The Bertz CT molecular complexity index is 1410. The molecule has 0 aromatic heterocycles. The van der Waals surface area contributed by atoms with Crippen LogP contribution in [0, 0.1) is 6.92 Å². The number of azo groups is 1. The molecule has 0 radical (unpaired) electrons. The number of ether oxygens (including phenoxy) is 4. The van der Waals surface area contributed by atoms with Gasteiger partial charge in [0.15, 0.2) is 5.75 Å². The zero-order chi connectivity index (χ0) is 26.2. The largest absolute Gasteiger partial charge is 0.497 e. The molecule has 0 bridgehead atoms. The van der Waals surface area contributed by atoms with E-state index in [1.165, 1.54) is 13.2 Å². The van der Waals surface area contributed by atoms with E-state index in [-0.39, 0.29) is 17.2 Å². The molecule has 0 aliphatic rings. The minimum absolute atomic E-state index is 0.0803. The fraction of sp³-hybridized carbons (Fsp3) is 0.103. The van der Waals surface area contributed by atoms with Crippen molar-refractivity contribution >= 4 is 23.3 Å². The average molecular weight is 497 g/mol. The molecule has 8 nitrogen and oxygen atoms in total. The van der Waals surface area contributed by atoms with Gasteiger partial charge in [-0.25, -0.2) is 9.59 Å². The summed E-state index contributed by atoms with van der Waals surface area (Å²) < 4.78 is 21.4. The number of carbonyl (C=O) groups is 2. The van der Waals surface area contributed by atoms with Gasteiger partial charge in [-0.15, -0.1) is 5.11 Å². The monoisotopic (exact) mass is 496 g/mol. The molecule has 4 aromatic carbocycles. The van der Waals surface area contributed by atoms with Crippen molar-refractivity contribution in [1.82, 2.24) is 0 Å². The van der Waals surface area contributed by atoms with Gasteiger partial charge in [-0.3, -0.25) is 0 Å². The number of esters is 2. The first-order chi connectivity index (χ1) is 17.9. The lowest BCUT2D eigenvalue weighted by Crippen LogP contribution is -2.10. The van der Waals surface area contributed by atoms with Crippen LogP contribution in [-0.2, 0) is 0 Å². The average Bonchev–Trinajstić information content (AvgIpc) is 2.93. The van der Waals surface area contributed by atoms with Crippen LogP contribution in [0.15, 0.2) is 101 Å². The summed E-state index contributed by atoms with van der Waals surface area (Å²) >= 11 is 0. The fourth-order valence-corrected chi connectivity index (χ4v) is 3.22. The third-order valence-electron chi connectivity index (χ3n) is 5.30. The van der Waals surface area contributed by atoms with Crippen molar-refractivity contribution in [3.05, 3.63) is 108 Å². The molecule has 0 atom stereocenters. The predicted octanol–water partition coefficient (Wildman–Crippen LogP) is 6.87. The van der Waals surface area contributed by atoms with Crippen LogP contribution in [0.5, 0.6) is 23.0 Å². The molecule has 0 unspecified atom stereocenters. The SMILES string of the molecule is COc1ccc(C(=O)Oc2ccc(N=Nc3ccc(C)cc3)c(OC(=O)c3ccc(OC)cc3)c2)cc1. The topological polar surface area (TPSA) is 95.8 Å². The molecule has 8 heteroatoms. The van der Waals surface area contributed by atoms with Gasteiger partial charge in [0.05, 0.1) is 31.0 Å². The van der Waals surface area contributed by atoms with Crippen LogP contribution in [0.25, 0.3) is 0 Å². The fourth-order valence-electron chi connectivity index (χ4n) is 3.22. The van der Waals surface area contributed by atoms with Gasteiger partial charge < -0.3 is 18.9 Å². The first kappa shape index (κ1) is 25.1. The maximum Gasteiger partial charge on any atom is 0.343 e. The van der Waals surface area contributed by atoms with Crippen molar-refractivity contribution in [2.24, 2.45) is 10.2 Å². The molecule has 0 heterocycles. The normalized spacial score (nSPS) is 10.7. The lowest BCUT2D eigenvalue weighted by atomic mass is 10.2. The Labute approximate surface area is 214 Å². The van der Waals surface area contributed by atoms with E-state index < -0.39 is 11.9 Å². The lowest BCUT2D eigenvalue weighted by molar-refractivity contribution is 0.0733. The number of rotatable bonds is 8. The van der Waals surface area contributed by atoms with Gasteiger partial charge in [-0.05, 0) is 79.7 Å². The number of methoxy groups -OCH3 is 2. The predicted molar refractivity (Wildman–Crippen MR) is 138 cm³/mol. The van der Waals surface area contributed by atoms with E-state index in [9.17, 15) is 9.59 Å². The zero-order valence-corrected chi connectivity index (χ0v) is 20.5. The van der Waals surface area contributed by atoms with Crippen LogP contribution in [0.3, 0.4) is 0 Å². The van der Waals surface area contributed by atoms with Crippen LogP contribution < -0.4 is 18.9 Å². The highest BCUT2D eigenvalue weighted by Gasteiger charge is 2.16. The molecule has 0 aliphatic heterocycles. The number of benzene rings is 4. The van der Waals surface area contributed by atoms with Crippen LogP contribution in [0.2, 0.25) is 0 Å². The van der Waals surface area contributed by atoms with Crippen molar-refractivity contribution in [1.29, 1.82) is 0 Å². The highest BCUT2D eigenvalue weighted by molar-refractivity contribution is 5.93. The third kappa shape index (κ3) is 6.58. The minimum Gasteiger partial charge on any atom is -0.497 e. The Hall–Kier alpha value is -4.98. The summed E-state index contributed by atoms with van der Waals surface area (Å²) in [7, 11) is 3.08. The summed E-state index contributed by atoms with van der Waals surface area (Å²) in [5.41, 5.74) is 2.65. The quantitative estimate of drug-likeness (QED) is 0.150. The van der Waals surface area contributed by atoms with Crippen molar-refractivity contribution in [3.63, 3.8) is 0 Å². The number of aryl methyl sites for hydroxylation is 1. The maximum atomic E-state index is 12.8. The molecular weight excluding hydrogens is 472 g/mol. The zero-order valence-electron chi connectivity index (χ0n) is 20.5. The molecule has 0 saturated carbocycles. The Kier molecular flexibility index (Phi) is 7.90. The van der Waals surface area contributed by atoms with E-state index in [1.807, 2.05) is 31.2 Å². The van der Waals surface area contributed by atoms with Gasteiger partial charge in [-0.1, -0.05) is 17.7 Å². The van der Waals surface area contributed by atoms with Gasteiger partial charge in [0, 0.05) is 6.07 Å². The first-order valence-electron chi connectivity index (χ1n) is 11.3. The molecule has 0 fully saturated rings. The number of nitrogens with zero attached hydrogens (tertiary/aromatic N) is 2. The van der Waals surface area contributed by atoms with E-state index in [2.05, 4.69) is 10.2 Å². The Morgan fingerprint density at radius 1 is 0.595 bits per heavy atom. The van der Waals surface area contributed by atoms with E-state index in [0.29, 0.717) is 28.3 Å². The molecule has 4 rings (SSSR count). The van der Waals surface area contributed by atoms with Crippen LogP contribution >= 0.6 is 0 Å². The molecule has 0 amide bonds. The van der Waals surface area contributed by atoms with Crippen molar-refractivity contribution in [2.45, 2.75) is 6.92 Å². The van der Waals surface area contributed by atoms with Crippen LogP contribution in [-0.4, -0.2) is 26.2 Å². The van der Waals surface area contributed by atoms with Gasteiger partial charge in [0.1, 0.15) is 22.9 Å². The molecule has 0 aliphatic carbocycles. The van der Waals surface area contributed by atoms with E-state index in [1.54, 1.807) is 67.8 Å². The number of hydrogen-bond donors (Lipinski definition) is 0. The minimum atomic E-state index is -0.618. The first-order valence-corrected chi connectivity index (χ1v) is 11.3. The standard InChI is InChI=1S/C29H24N2O6/c1-19-4-10-22(11-5-19)30-31-26-17-16-25(36-28(32)20-6-12-23(34-2)13-7-20)18-27(26)37-29(33)21-8-14-24(35-3)15-9-21/h4-18H,1-3H3. The van der Waals surface area contributed by atoms with E-state index >= 15 is 0 Å². The van der Waals surface area contributed by atoms with Crippen molar-refractivity contribution in [3.8, 4) is 23.0 Å². The molecule has 0 saturated heterocycles. The van der Waals surface area contributed by atoms with Crippen LogP contribution in [0.4, 0.5) is 11.4 Å². The van der Waals surface area contributed by atoms with Crippen molar-refractivity contribution < 1.29 is 28.5 Å². The van der Waals surface area contributed by atoms with E-state index in [4.69, 9.17) is 18.9 Å². The summed E-state index contributed by atoms with van der Waals surface area (Å²) in [6, 6.07) is 25.0. The Morgan fingerprint density at radius 3 is 1.65 bits per heavy atom. The molecule has 0 N–H and O–H groups in total. The lowest BCUT2D eigenvalue weighted by Gasteiger charge is -2.10. The second-order valence-electron chi connectivity index (χ2n) is 7.90. The molecule has 4 aromatic rings. The molecule has 0 spiro atoms. The smallest absolute Gasteiger partial charge is 0.343 e. The number of hydrogen-bond acceptors (Lipinski definition) is 8. The van der Waals surface area contributed by atoms with Gasteiger partial charge in [-0.2, -0.15) is 5.11 Å². The summed E-state index contributed by atoms with van der Waals surface area (Å²) in [4.78, 5) is 25.5. The van der Waals surface area contributed by atoms with Crippen molar-refractivity contribution in [2.75, 3.05) is 14.2 Å². The summed E-state index contributed by atoms with van der Waals surface area (Å²) in [5.74, 6) is 0.283. The summed E-state index contributed by atoms with van der Waals surface area (Å²) in [6.07, 6.45) is 0. The van der Waals surface area contributed by atoms with Gasteiger partial charge in [0.25, 0.3) is 0 Å². The molecular formula is C29H24N2O6. The Balaban J connectivity index is 1.60. The summed E-state index contributed by atoms with van der Waals surface area (Å²) in [6.45, 7) is 1.98. The highest BCUT2D eigenvalue weighted by Crippen LogP contribution is 2.34. The second-order valence-corrected chi connectivity index (χ2v) is 7.90. The molecule has 37 heavy (non-hydrogen) atoms. The van der Waals surface area contributed by atoms with Gasteiger partial charge in [0.2, 0.25) is 0 Å². The summed E-state index contributed by atoms with van der Waals surface area (Å²) in [5, 5.41) is 8.48. The Morgan fingerprint density at radius 2 is 1.11 bits per heavy atom. The molecule has 186 valence electrons. The van der Waals surface area contributed by atoms with Crippen LogP contribution in [0.1, 0.15) is 26.3 Å². The number of carbonyl (C=O) groups excluding carboxylic acids is 2. The second kappa shape index (κ2) is 11.6.